The van der Waals surface area contributed by atoms with Crippen molar-refractivity contribution in [2.24, 2.45) is 18.9 Å². The van der Waals surface area contributed by atoms with Gasteiger partial charge in [0, 0.05) is 5.56 Å². The number of aromatic nitrogens is 4. The summed E-state index contributed by atoms with van der Waals surface area (Å²) in [6.07, 6.45) is 4.44. The summed E-state index contributed by atoms with van der Waals surface area (Å²) < 4.78 is 7.17. The number of nitrogens with zero attached hydrogens (tertiary/aromatic N) is 4. The maximum atomic E-state index is 5.29. The van der Waals surface area contributed by atoms with E-state index in [1.54, 1.807) is 0 Å². The molecule has 6 rings (SSSR count). The first-order chi connectivity index (χ1) is 19.0. The van der Waals surface area contributed by atoms with Crippen molar-refractivity contribution in [2.75, 3.05) is 0 Å². The van der Waals surface area contributed by atoms with E-state index in [9.17, 15) is 0 Å². The van der Waals surface area contributed by atoms with E-state index >= 15 is 0 Å². The van der Waals surface area contributed by atoms with Gasteiger partial charge in [-0.2, -0.15) is 9.38 Å². The zero-order chi connectivity index (χ0) is 28.5. The Bertz CT molecular complexity index is 1880. The Labute approximate surface area is 238 Å². The molecule has 0 aliphatic heterocycles. The predicted octanol–water partition coefficient (Wildman–Crippen LogP) is 8.39. The van der Waals surface area contributed by atoms with Gasteiger partial charge in [0.15, 0.2) is 5.69 Å². The predicted molar refractivity (Wildman–Crippen MR) is 168 cm³/mol. The summed E-state index contributed by atoms with van der Waals surface area (Å²) in [4.78, 5) is 5.29. The molecule has 0 aliphatic carbocycles. The van der Waals surface area contributed by atoms with Crippen LogP contribution in [0.5, 0.6) is 0 Å². The topological polar surface area (TPSA) is 25.6 Å². The number of benzene rings is 3. The molecular weight excluding hydrogens is 488 g/mol. The van der Waals surface area contributed by atoms with Crippen molar-refractivity contribution < 1.29 is 4.57 Å². The lowest BCUT2D eigenvalue weighted by molar-refractivity contribution is -0.643. The van der Waals surface area contributed by atoms with E-state index in [1.807, 2.05) is 0 Å². The maximum absolute atomic E-state index is 5.29. The number of imidazole rings is 2. The van der Waals surface area contributed by atoms with Crippen molar-refractivity contribution in [1.29, 1.82) is 0 Å². The summed E-state index contributed by atoms with van der Waals surface area (Å²) in [7, 11) is 2.20. The number of hydrogen-bond acceptors (Lipinski definition) is 1. The average Bonchev–Trinajstić information content (AvgIpc) is 3.41. The smallest absolute Gasteiger partial charge is 0.258 e. The number of fused-ring (bicyclic) bond motifs is 8. The van der Waals surface area contributed by atoms with Gasteiger partial charge in [-0.05, 0) is 77.5 Å². The van der Waals surface area contributed by atoms with Crippen molar-refractivity contribution in [1.82, 2.24) is 13.8 Å². The van der Waals surface area contributed by atoms with E-state index in [-0.39, 0.29) is 5.41 Å². The normalized spacial score (nSPS) is 12.8. The lowest BCUT2D eigenvalue weighted by atomic mass is 9.83. The molecule has 0 aliphatic rings. The third kappa shape index (κ3) is 4.11. The largest absolute Gasteiger partial charge is 0.312 e. The van der Waals surface area contributed by atoms with E-state index in [0.717, 1.165) is 29.7 Å². The highest BCUT2D eigenvalue weighted by Crippen LogP contribution is 2.38. The van der Waals surface area contributed by atoms with Crippen LogP contribution >= 0.6 is 0 Å². The van der Waals surface area contributed by atoms with Crippen LogP contribution in [-0.4, -0.2) is 13.8 Å². The lowest BCUT2D eigenvalue weighted by Crippen LogP contribution is -2.27. The molecule has 0 fully saturated rings. The lowest BCUT2D eigenvalue weighted by Gasteiger charge is -2.22. The number of aryl methyl sites for hydroxylation is 2. The third-order valence-electron chi connectivity index (χ3n) is 8.31. The summed E-state index contributed by atoms with van der Waals surface area (Å²) in [6.45, 7) is 18.5. The van der Waals surface area contributed by atoms with Crippen LogP contribution in [0.2, 0.25) is 0 Å². The third-order valence-corrected chi connectivity index (χ3v) is 8.31. The molecule has 0 saturated heterocycles. The Balaban J connectivity index is 1.87. The van der Waals surface area contributed by atoms with E-state index < -0.39 is 0 Å². The summed E-state index contributed by atoms with van der Waals surface area (Å²) in [6, 6.07) is 20.1. The average molecular weight is 532 g/mol. The molecule has 40 heavy (non-hydrogen) atoms. The zero-order valence-corrected chi connectivity index (χ0v) is 25.6. The molecule has 0 spiro atoms. The fraction of sp³-hybridized carbons (Fsp3) is 0.389. The van der Waals surface area contributed by atoms with Crippen molar-refractivity contribution in [3.8, 4) is 11.3 Å². The first kappa shape index (κ1) is 26.6. The van der Waals surface area contributed by atoms with E-state index in [1.165, 1.54) is 50.1 Å². The molecule has 206 valence electrons. The first-order valence-electron chi connectivity index (χ1n) is 14.8. The molecule has 3 aromatic carbocycles. The summed E-state index contributed by atoms with van der Waals surface area (Å²) in [5.74, 6) is 2.11. The van der Waals surface area contributed by atoms with Crippen LogP contribution in [0, 0.1) is 18.8 Å². The molecule has 0 saturated carbocycles. The number of rotatable bonds is 5. The Morgan fingerprint density at radius 1 is 0.800 bits per heavy atom. The molecule has 6 aromatic rings. The van der Waals surface area contributed by atoms with Crippen molar-refractivity contribution in [2.45, 2.75) is 73.6 Å². The van der Waals surface area contributed by atoms with Crippen LogP contribution in [0.25, 0.3) is 44.6 Å². The highest BCUT2D eigenvalue weighted by molar-refractivity contribution is 6.00. The molecule has 4 nitrogen and oxygen atoms in total. The minimum Gasteiger partial charge on any atom is -0.258 e. The quantitative estimate of drug-likeness (QED) is 0.205. The fourth-order valence-corrected chi connectivity index (χ4v) is 6.82. The molecule has 0 bridgehead atoms. The first-order valence-corrected chi connectivity index (χ1v) is 14.8. The van der Waals surface area contributed by atoms with Crippen LogP contribution in [-0.2, 0) is 25.3 Å². The second-order valence-electron chi connectivity index (χ2n) is 13.5. The Morgan fingerprint density at radius 3 is 2.08 bits per heavy atom. The molecule has 4 heteroatoms. The van der Waals surface area contributed by atoms with Crippen LogP contribution in [0.15, 0.2) is 60.8 Å². The molecule has 0 unspecified atom stereocenters. The summed E-state index contributed by atoms with van der Waals surface area (Å²) in [5, 5.41) is 1.29. The van der Waals surface area contributed by atoms with Crippen LogP contribution in [0.4, 0.5) is 0 Å². The number of hydrogen-bond donors (Lipinski definition) is 0. The van der Waals surface area contributed by atoms with Crippen molar-refractivity contribution in [3.63, 3.8) is 0 Å². The Morgan fingerprint density at radius 2 is 1.45 bits per heavy atom. The minimum atomic E-state index is 0.0452. The summed E-state index contributed by atoms with van der Waals surface area (Å²) in [5.41, 5.74) is 12.8. The van der Waals surface area contributed by atoms with Gasteiger partial charge in [0.25, 0.3) is 5.65 Å². The monoisotopic (exact) mass is 531 g/mol. The van der Waals surface area contributed by atoms with Crippen LogP contribution in [0.1, 0.15) is 70.7 Å². The van der Waals surface area contributed by atoms with Gasteiger partial charge >= 0.3 is 5.78 Å². The molecule has 3 heterocycles. The van der Waals surface area contributed by atoms with Crippen LogP contribution in [0.3, 0.4) is 0 Å². The van der Waals surface area contributed by atoms with Gasteiger partial charge in [-0.1, -0.05) is 84.9 Å². The zero-order valence-electron chi connectivity index (χ0n) is 25.6. The minimum absolute atomic E-state index is 0.0452. The van der Waals surface area contributed by atoms with Crippen molar-refractivity contribution in [3.05, 3.63) is 83.0 Å². The standard InChI is InChI=1S/C36H43N4/c1-22(2)19-25-13-12-14-26(20-23(3)4)33(25)31-21-38(9)34-32-24(5)27(36(6,7)8)17-18-30(32)39-29-16-11-10-15-28(29)37-35(39)40(31)34/h10-18,21-23H,19-20H2,1-9H3/q+1. The van der Waals surface area contributed by atoms with E-state index in [0.29, 0.717) is 11.8 Å². The van der Waals surface area contributed by atoms with Gasteiger partial charge in [-0.3, -0.25) is 4.40 Å². The SMILES string of the molecule is Cc1c(C(C)(C)C)ccc2c1c1n(c(-c3c(CC(C)C)cccc3CC(C)C)c[n+]1C)c1nc3ccccc3n21. The molecule has 0 N–H and O–H groups in total. The molecule has 0 radical (unpaired) electrons. The van der Waals surface area contributed by atoms with Gasteiger partial charge in [0.2, 0.25) is 0 Å². The molecule has 3 aromatic heterocycles. The highest BCUT2D eigenvalue weighted by atomic mass is 15.2. The second kappa shape index (κ2) is 9.47. The molecule has 0 amide bonds. The van der Waals surface area contributed by atoms with Gasteiger partial charge in [0.05, 0.1) is 29.0 Å². The van der Waals surface area contributed by atoms with Crippen molar-refractivity contribution >= 4 is 33.4 Å². The number of para-hydroxylation sites is 2. The van der Waals surface area contributed by atoms with Gasteiger partial charge in [-0.25, -0.2) is 4.57 Å². The highest BCUT2D eigenvalue weighted by Gasteiger charge is 2.31. The maximum Gasteiger partial charge on any atom is 0.312 e. The van der Waals surface area contributed by atoms with Gasteiger partial charge in [-0.15, -0.1) is 0 Å². The van der Waals surface area contributed by atoms with Crippen LogP contribution < -0.4 is 4.57 Å². The Kier molecular flexibility index (Phi) is 6.29. The van der Waals surface area contributed by atoms with E-state index in [4.69, 9.17) is 4.98 Å². The summed E-state index contributed by atoms with van der Waals surface area (Å²) >= 11 is 0. The molecular formula is C36H43N4+. The fourth-order valence-electron chi connectivity index (χ4n) is 6.82. The van der Waals surface area contributed by atoms with Gasteiger partial charge in [0.1, 0.15) is 6.20 Å². The second-order valence-corrected chi connectivity index (χ2v) is 13.5. The Hall–Kier alpha value is -3.66. The van der Waals surface area contributed by atoms with Gasteiger partial charge < -0.3 is 0 Å². The van der Waals surface area contributed by atoms with E-state index in [2.05, 4.69) is 137 Å². The molecule has 0 atom stereocenters.